The van der Waals surface area contributed by atoms with Crippen LogP contribution >= 0.6 is 0 Å². The SMILES string of the molecule is CC(C)Nc1ccc(N2CCOC2)cc1. The number of hydrogen-bond acceptors (Lipinski definition) is 3. The van der Waals surface area contributed by atoms with Gasteiger partial charge in [0.05, 0.1) is 6.61 Å². The molecule has 1 saturated heterocycles. The van der Waals surface area contributed by atoms with Gasteiger partial charge in [-0.3, -0.25) is 0 Å². The molecule has 1 aliphatic heterocycles. The van der Waals surface area contributed by atoms with E-state index in [1.165, 1.54) is 11.4 Å². The third-order valence-corrected chi connectivity index (χ3v) is 2.44. The van der Waals surface area contributed by atoms with Crippen LogP contribution in [0.5, 0.6) is 0 Å². The Balaban J connectivity index is 2.03. The van der Waals surface area contributed by atoms with Gasteiger partial charge < -0.3 is 15.0 Å². The van der Waals surface area contributed by atoms with Crippen molar-refractivity contribution in [2.45, 2.75) is 19.9 Å². The van der Waals surface area contributed by atoms with Crippen LogP contribution in [0.1, 0.15) is 13.8 Å². The van der Waals surface area contributed by atoms with E-state index in [1.54, 1.807) is 0 Å². The van der Waals surface area contributed by atoms with Crippen LogP contribution in [0, 0.1) is 0 Å². The van der Waals surface area contributed by atoms with Crippen molar-refractivity contribution in [2.24, 2.45) is 0 Å². The maximum Gasteiger partial charge on any atom is 0.119 e. The van der Waals surface area contributed by atoms with Crippen molar-refractivity contribution in [3.8, 4) is 0 Å². The van der Waals surface area contributed by atoms with Gasteiger partial charge in [-0.05, 0) is 38.1 Å². The average Bonchev–Trinajstić information content (AvgIpc) is 2.71. The second-order valence-corrected chi connectivity index (χ2v) is 4.15. The number of nitrogens with zero attached hydrogens (tertiary/aromatic N) is 1. The zero-order valence-corrected chi connectivity index (χ0v) is 9.36. The minimum atomic E-state index is 0.478. The minimum absolute atomic E-state index is 0.478. The molecule has 15 heavy (non-hydrogen) atoms. The third kappa shape index (κ3) is 2.63. The average molecular weight is 206 g/mol. The maximum absolute atomic E-state index is 5.32. The fourth-order valence-corrected chi connectivity index (χ4v) is 1.72. The quantitative estimate of drug-likeness (QED) is 0.821. The van der Waals surface area contributed by atoms with E-state index < -0.39 is 0 Å². The van der Waals surface area contributed by atoms with Crippen molar-refractivity contribution < 1.29 is 4.74 Å². The molecule has 0 atom stereocenters. The Bertz CT molecular complexity index is 302. The first-order valence-corrected chi connectivity index (χ1v) is 5.45. The molecule has 1 aliphatic rings. The second kappa shape index (κ2) is 4.53. The summed E-state index contributed by atoms with van der Waals surface area (Å²) >= 11 is 0. The fraction of sp³-hybridized carbons (Fsp3) is 0.500. The van der Waals surface area contributed by atoms with Crippen molar-refractivity contribution in [1.29, 1.82) is 0 Å². The highest BCUT2D eigenvalue weighted by Gasteiger charge is 2.11. The first-order chi connectivity index (χ1) is 7.25. The largest absolute Gasteiger partial charge is 0.383 e. The van der Waals surface area contributed by atoms with Gasteiger partial charge >= 0.3 is 0 Å². The molecule has 0 aliphatic carbocycles. The molecule has 0 radical (unpaired) electrons. The molecule has 3 heteroatoms. The molecule has 0 saturated carbocycles. The summed E-state index contributed by atoms with van der Waals surface area (Å²) in [7, 11) is 0. The summed E-state index contributed by atoms with van der Waals surface area (Å²) in [4.78, 5) is 2.24. The van der Waals surface area contributed by atoms with Crippen molar-refractivity contribution in [1.82, 2.24) is 0 Å². The normalized spacial score (nSPS) is 16.1. The van der Waals surface area contributed by atoms with E-state index in [4.69, 9.17) is 4.74 Å². The lowest BCUT2D eigenvalue weighted by Crippen LogP contribution is -2.18. The lowest BCUT2D eigenvalue weighted by molar-refractivity contribution is 0.201. The second-order valence-electron chi connectivity index (χ2n) is 4.15. The lowest BCUT2D eigenvalue weighted by atomic mass is 10.2. The van der Waals surface area contributed by atoms with Crippen LogP contribution < -0.4 is 10.2 Å². The first kappa shape index (κ1) is 10.3. The highest BCUT2D eigenvalue weighted by atomic mass is 16.5. The molecule has 82 valence electrons. The summed E-state index contributed by atoms with van der Waals surface area (Å²) in [5.41, 5.74) is 2.41. The van der Waals surface area contributed by atoms with Crippen LogP contribution in [-0.2, 0) is 4.74 Å². The Kier molecular flexibility index (Phi) is 3.11. The van der Waals surface area contributed by atoms with E-state index in [1.807, 2.05) is 0 Å². The Morgan fingerprint density at radius 3 is 2.53 bits per heavy atom. The monoisotopic (exact) mass is 206 g/mol. The number of rotatable bonds is 3. The summed E-state index contributed by atoms with van der Waals surface area (Å²) in [5, 5.41) is 3.37. The molecule has 3 nitrogen and oxygen atoms in total. The number of ether oxygens (including phenoxy) is 1. The zero-order valence-electron chi connectivity index (χ0n) is 9.36. The molecule has 0 amide bonds. The summed E-state index contributed by atoms with van der Waals surface area (Å²) in [5.74, 6) is 0. The Labute approximate surface area is 91.0 Å². The molecule has 1 N–H and O–H groups in total. The number of nitrogens with one attached hydrogen (secondary N) is 1. The van der Waals surface area contributed by atoms with Crippen LogP contribution in [0.3, 0.4) is 0 Å². The predicted molar refractivity (Wildman–Crippen MR) is 63.4 cm³/mol. The predicted octanol–water partition coefficient (Wildman–Crippen LogP) is 2.30. The number of benzene rings is 1. The molecule has 0 unspecified atom stereocenters. The molecular formula is C12H18N2O. The van der Waals surface area contributed by atoms with E-state index in [0.717, 1.165) is 19.9 Å². The fourth-order valence-electron chi connectivity index (χ4n) is 1.72. The van der Waals surface area contributed by atoms with E-state index in [9.17, 15) is 0 Å². The van der Waals surface area contributed by atoms with Crippen LogP contribution in [-0.4, -0.2) is 25.9 Å². The molecule has 1 heterocycles. The van der Waals surface area contributed by atoms with Crippen LogP contribution in [0.25, 0.3) is 0 Å². The van der Waals surface area contributed by atoms with Gasteiger partial charge in [-0.1, -0.05) is 0 Å². The summed E-state index contributed by atoms with van der Waals surface area (Å²) in [6, 6.07) is 8.99. The highest BCUT2D eigenvalue weighted by Crippen LogP contribution is 2.19. The lowest BCUT2D eigenvalue weighted by Gasteiger charge is -2.17. The summed E-state index contributed by atoms with van der Waals surface area (Å²) in [6.45, 7) is 6.84. The summed E-state index contributed by atoms with van der Waals surface area (Å²) in [6.07, 6.45) is 0. The third-order valence-electron chi connectivity index (χ3n) is 2.44. The van der Waals surface area contributed by atoms with Gasteiger partial charge in [0.1, 0.15) is 6.73 Å². The Hall–Kier alpha value is -1.22. The molecule has 0 spiro atoms. The van der Waals surface area contributed by atoms with Gasteiger partial charge in [0.25, 0.3) is 0 Å². The molecule has 1 aromatic carbocycles. The zero-order chi connectivity index (χ0) is 10.7. The maximum atomic E-state index is 5.32. The Morgan fingerprint density at radius 1 is 1.27 bits per heavy atom. The van der Waals surface area contributed by atoms with Crippen LogP contribution in [0.4, 0.5) is 11.4 Å². The van der Waals surface area contributed by atoms with Gasteiger partial charge in [0.15, 0.2) is 0 Å². The highest BCUT2D eigenvalue weighted by molar-refractivity contribution is 5.55. The molecule has 0 aromatic heterocycles. The number of hydrogen-bond donors (Lipinski definition) is 1. The van der Waals surface area contributed by atoms with Gasteiger partial charge in [0, 0.05) is 24.0 Å². The standard InChI is InChI=1S/C12H18N2O/c1-10(2)13-11-3-5-12(6-4-11)14-7-8-15-9-14/h3-6,10,13H,7-9H2,1-2H3. The molecule has 0 bridgehead atoms. The number of anilines is 2. The van der Waals surface area contributed by atoms with E-state index in [2.05, 4.69) is 48.3 Å². The van der Waals surface area contributed by atoms with E-state index in [-0.39, 0.29) is 0 Å². The Morgan fingerprint density at radius 2 is 2.00 bits per heavy atom. The van der Waals surface area contributed by atoms with E-state index in [0.29, 0.717) is 6.04 Å². The van der Waals surface area contributed by atoms with E-state index >= 15 is 0 Å². The molecule has 1 fully saturated rings. The van der Waals surface area contributed by atoms with Crippen molar-refractivity contribution in [3.63, 3.8) is 0 Å². The van der Waals surface area contributed by atoms with Crippen molar-refractivity contribution in [2.75, 3.05) is 30.1 Å². The van der Waals surface area contributed by atoms with Gasteiger partial charge in [0.2, 0.25) is 0 Å². The molecular weight excluding hydrogens is 188 g/mol. The van der Waals surface area contributed by atoms with Crippen LogP contribution in [0.2, 0.25) is 0 Å². The minimum Gasteiger partial charge on any atom is -0.383 e. The van der Waals surface area contributed by atoms with Crippen molar-refractivity contribution >= 4 is 11.4 Å². The van der Waals surface area contributed by atoms with Gasteiger partial charge in [-0.15, -0.1) is 0 Å². The molecule has 1 aromatic rings. The first-order valence-electron chi connectivity index (χ1n) is 5.45. The smallest absolute Gasteiger partial charge is 0.119 e. The summed E-state index contributed by atoms with van der Waals surface area (Å²) < 4.78 is 5.32. The topological polar surface area (TPSA) is 24.5 Å². The van der Waals surface area contributed by atoms with Crippen molar-refractivity contribution in [3.05, 3.63) is 24.3 Å². The van der Waals surface area contributed by atoms with Gasteiger partial charge in [-0.2, -0.15) is 0 Å². The van der Waals surface area contributed by atoms with Gasteiger partial charge in [-0.25, -0.2) is 0 Å². The van der Waals surface area contributed by atoms with Crippen LogP contribution in [0.15, 0.2) is 24.3 Å². The molecule has 2 rings (SSSR count).